The lowest BCUT2D eigenvalue weighted by Gasteiger charge is -2.00. The van der Waals surface area contributed by atoms with Crippen molar-refractivity contribution in [1.29, 1.82) is 0 Å². The van der Waals surface area contributed by atoms with Crippen LogP contribution in [0.5, 0.6) is 5.88 Å². The fraction of sp³-hybridized carbons (Fsp3) is 0. The van der Waals surface area contributed by atoms with Gasteiger partial charge in [-0.3, -0.25) is 4.98 Å². The molecule has 1 heterocycles. The van der Waals surface area contributed by atoms with E-state index in [0.29, 0.717) is 21.3 Å². The molecule has 0 saturated heterocycles. The van der Waals surface area contributed by atoms with Gasteiger partial charge in [0.25, 0.3) is 0 Å². The topological polar surface area (TPSA) is 68.9 Å². The van der Waals surface area contributed by atoms with Gasteiger partial charge in [0.05, 0.1) is 10.0 Å². The van der Waals surface area contributed by atoms with Crippen LogP contribution in [-0.2, 0) is 0 Å². The summed E-state index contributed by atoms with van der Waals surface area (Å²) in [5.74, 6) is -0.224. The van der Waals surface area contributed by atoms with Crippen molar-refractivity contribution in [2.45, 2.75) is 0 Å². The summed E-state index contributed by atoms with van der Waals surface area (Å²) in [6.07, 6.45) is 0. The third kappa shape index (κ3) is 1.86. The van der Waals surface area contributed by atoms with Crippen LogP contribution in [0.3, 0.4) is 0 Å². The Morgan fingerprint density at radius 1 is 1.13 bits per heavy atom. The molecule has 6 heteroatoms. The van der Waals surface area contributed by atoms with Crippen molar-refractivity contribution in [3.05, 3.63) is 38.7 Å². The largest absolute Gasteiger partial charge is 0.493 e. The zero-order valence-electron chi connectivity index (χ0n) is 7.34. The number of rotatable bonds is 1. The van der Waals surface area contributed by atoms with Gasteiger partial charge in [0.15, 0.2) is 0 Å². The molecular weight excluding hydrogens is 239 g/mol. The summed E-state index contributed by atoms with van der Waals surface area (Å²) in [5, 5.41) is 10.2. The van der Waals surface area contributed by atoms with Gasteiger partial charge in [-0.05, 0) is 12.1 Å². The smallest absolute Gasteiger partial charge is 0.326 e. The number of aromatic amines is 2. The lowest BCUT2D eigenvalue weighted by molar-refractivity contribution is 0.457. The van der Waals surface area contributed by atoms with Crippen molar-refractivity contribution in [3.8, 4) is 17.1 Å². The molecule has 0 spiro atoms. The molecule has 0 atom stereocenters. The lowest BCUT2D eigenvalue weighted by Crippen LogP contribution is -2.00. The molecule has 2 rings (SSSR count). The second-order valence-electron chi connectivity index (χ2n) is 2.93. The minimum Gasteiger partial charge on any atom is -0.493 e. The number of nitrogens with one attached hydrogen (secondary N) is 2. The molecule has 2 aromatic rings. The predicted molar refractivity (Wildman–Crippen MR) is 58.5 cm³/mol. The quantitative estimate of drug-likeness (QED) is 0.721. The minimum atomic E-state index is -0.478. The van der Waals surface area contributed by atoms with Crippen LogP contribution in [0.2, 0.25) is 10.0 Å². The molecule has 0 bridgehead atoms. The molecule has 0 amide bonds. The van der Waals surface area contributed by atoms with Gasteiger partial charge in [-0.15, -0.1) is 0 Å². The highest BCUT2D eigenvalue weighted by Gasteiger charge is 2.09. The summed E-state index contributed by atoms with van der Waals surface area (Å²) in [6.45, 7) is 0. The summed E-state index contributed by atoms with van der Waals surface area (Å²) < 4.78 is 0. The fourth-order valence-electron chi connectivity index (χ4n) is 1.23. The number of aromatic nitrogens is 2. The molecule has 78 valence electrons. The van der Waals surface area contributed by atoms with Crippen molar-refractivity contribution >= 4 is 23.2 Å². The Hall–Kier alpha value is -1.39. The van der Waals surface area contributed by atoms with Crippen molar-refractivity contribution in [2.24, 2.45) is 0 Å². The van der Waals surface area contributed by atoms with Crippen LogP contribution < -0.4 is 5.69 Å². The van der Waals surface area contributed by atoms with Crippen LogP contribution in [0.25, 0.3) is 11.3 Å². The molecule has 15 heavy (non-hydrogen) atoms. The summed E-state index contributed by atoms with van der Waals surface area (Å²) in [4.78, 5) is 15.6. The predicted octanol–water partition coefficient (Wildman–Crippen LogP) is 2.38. The summed E-state index contributed by atoms with van der Waals surface area (Å²) >= 11 is 11.5. The molecule has 4 nitrogen and oxygen atoms in total. The van der Waals surface area contributed by atoms with E-state index in [-0.39, 0.29) is 5.88 Å². The zero-order valence-corrected chi connectivity index (χ0v) is 8.86. The number of hydrogen-bond donors (Lipinski definition) is 3. The van der Waals surface area contributed by atoms with Crippen LogP contribution in [-0.4, -0.2) is 15.1 Å². The molecule has 0 radical (unpaired) electrons. The molecule has 3 N–H and O–H groups in total. The summed E-state index contributed by atoms with van der Waals surface area (Å²) in [5.41, 5.74) is 0.396. The Morgan fingerprint density at radius 3 is 2.40 bits per heavy atom. The summed E-state index contributed by atoms with van der Waals surface area (Å²) in [7, 11) is 0. The maximum absolute atomic E-state index is 10.9. The Labute approximate surface area is 94.5 Å². The number of halogens is 2. The van der Waals surface area contributed by atoms with Gasteiger partial charge < -0.3 is 10.1 Å². The maximum Gasteiger partial charge on any atom is 0.326 e. The highest BCUT2D eigenvalue weighted by Crippen LogP contribution is 2.30. The van der Waals surface area contributed by atoms with E-state index in [0.717, 1.165) is 0 Å². The van der Waals surface area contributed by atoms with Gasteiger partial charge >= 0.3 is 5.69 Å². The van der Waals surface area contributed by atoms with E-state index >= 15 is 0 Å². The van der Waals surface area contributed by atoms with E-state index in [1.54, 1.807) is 18.2 Å². The fourth-order valence-corrected chi connectivity index (χ4v) is 1.53. The molecule has 1 aromatic heterocycles. The lowest BCUT2D eigenvalue weighted by atomic mass is 10.2. The highest BCUT2D eigenvalue weighted by molar-refractivity contribution is 6.42. The third-order valence-electron chi connectivity index (χ3n) is 1.92. The average molecular weight is 245 g/mol. The minimum absolute atomic E-state index is 0.224. The number of imidazole rings is 1. The first-order valence-corrected chi connectivity index (χ1v) is 4.80. The first-order chi connectivity index (χ1) is 7.08. The van der Waals surface area contributed by atoms with E-state index in [9.17, 15) is 9.90 Å². The number of aromatic hydroxyl groups is 1. The van der Waals surface area contributed by atoms with Gasteiger partial charge in [0, 0.05) is 5.56 Å². The van der Waals surface area contributed by atoms with E-state index in [1.165, 1.54) is 0 Å². The average Bonchev–Trinajstić information content (AvgIpc) is 2.50. The monoisotopic (exact) mass is 244 g/mol. The van der Waals surface area contributed by atoms with Gasteiger partial charge in [-0.2, -0.15) is 0 Å². The first-order valence-electron chi connectivity index (χ1n) is 4.04. The van der Waals surface area contributed by atoms with Crippen LogP contribution in [0.1, 0.15) is 0 Å². The SMILES string of the molecule is O=c1[nH]c(O)c(-c2ccc(Cl)c(Cl)c2)[nH]1. The van der Waals surface area contributed by atoms with Gasteiger partial charge in [0.1, 0.15) is 5.69 Å². The van der Waals surface area contributed by atoms with Crippen LogP contribution in [0.15, 0.2) is 23.0 Å². The van der Waals surface area contributed by atoms with Crippen molar-refractivity contribution < 1.29 is 5.11 Å². The number of benzene rings is 1. The van der Waals surface area contributed by atoms with Gasteiger partial charge in [-0.25, -0.2) is 4.79 Å². The Bertz CT molecular complexity index is 559. The van der Waals surface area contributed by atoms with Crippen LogP contribution in [0, 0.1) is 0 Å². The first kappa shape index (κ1) is 10.1. The maximum atomic E-state index is 10.9. The second kappa shape index (κ2) is 3.64. The Balaban J connectivity index is 2.59. The second-order valence-corrected chi connectivity index (χ2v) is 3.75. The highest BCUT2D eigenvalue weighted by atomic mass is 35.5. The van der Waals surface area contributed by atoms with Crippen molar-refractivity contribution in [1.82, 2.24) is 9.97 Å². The molecule has 0 fully saturated rings. The van der Waals surface area contributed by atoms with Gasteiger partial charge in [0.2, 0.25) is 5.88 Å². The molecule has 0 aliphatic heterocycles. The van der Waals surface area contributed by atoms with Crippen molar-refractivity contribution in [2.75, 3.05) is 0 Å². The van der Waals surface area contributed by atoms with E-state index in [4.69, 9.17) is 23.2 Å². The van der Waals surface area contributed by atoms with Gasteiger partial charge in [-0.1, -0.05) is 29.3 Å². The number of hydrogen-bond acceptors (Lipinski definition) is 2. The van der Waals surface area contributed by atoms with Crippen molar-refractivity contribution in [3.63, 3.8) is 0 Å². The molecule has 0 aliphatic carbocycles. The zero-order chi connectivity index (χ0) is 11.0. The summed E-state index contributed by atoms with van der Waals surface area (Å²) in [6, 6.07) is 4.79. The normalized spacial score (nSPS) is 10.5. The molecule has 0 unspecified atom stereocenters. The van der Waals surface area contributed by atoms with E-state index < -0.39 is 5.69 Å². The number of H-pyrrole nitrogens is 2. The van der Waals surface area contributed by atoms with Crippen LogP contribution >= 0.6 is 23.2 Å². The third-order valence-corrected chi connectivity index (χ3v) is 2.65. The Morgan fingerprint density at radius 2 is 1.87 bits per heavy atom. The molecule has 0 saturated carbocycles. The standard InChI is InChI=1S/C9H6Cl2N2O2/c10-5-2-1-4(3-6(5)11)7-8(14)13-9(15)12-7/h1-3,14H,(H2,12,13,15). The van der Waals surface area contributed by atoms with E-state index in [2.05, 4.69) is 9.97 Å². The molecule has 1 aromatic carbocycles. The molecular formula is C9H6Cl2N2O2. The Kier molecular flexibility index (Phi) is 2.46. The van der Waals surface area contributed by atoms with E-state index in [1.807, 2.05) is 0 Å². The molecule has 0 aliphatic rings. The van der Waals surface area contributed by atoms with Crippen LogP contribution in [0.4, 0.5) is 0 Å².